The van der Waals surface area contributed by atoms with Gasteiger partial charge in [0.1, 0.15) is 0 Å². The van der Waals surface area contributed by atoms with Gasteiger partial charge in [0.05, 0.1) is 0 Å². The molecule has 0 aliphatic rings. The SMILES string of the molecule is Cc1cc(N(C)C)ccc1CCN. The number of benzene rings is 1. The van der Waals surface area contributed by atoms with Gasteiger partial charge in [0.15, 0.2) is 0 Å². The first-order valence-electron chi connectivity index (χ1n) is 4.62. The molecule has 0 aromatic heterocycles. The molecule has 0 radical (unpaired) electrons. The van der Waals surface area contributed by atoms with Crippen molar-refractivity contribution in [2.75, 3.05) is 25.5 Å². The van der Waals surface area contributed by atoms with Crippen LogP contribution in [0.15, 0.2) is 18.2 Å². The molecule has 0 aliphatic carbocycles. The smallest absolute Gasteiger partial charge is 0.0363 e. The number of rotatable bonds is 3. The van der Waals surface area contributed by atoms with Gasteiger partial charge in [-0.15, -0.1) is 0 Å². The van der Waals surface area contributed by atoms with Crippen LogP contribution < -0.4 is 10.6 Å². The average molecular weight is 178 g/mol. The number of nitrogens with two attached hydrogens (primary N) is 1. The van der Waals surface area contributed by atoms with E-state index in [0.717, 1.165) is 13.0 Å². The molecular formula is C11H18N2. The number of hydrogen-bond acceptors (Lipinski definition) is 2. The molecule has 72 valence electrons. The summed E-state index contributed by atoms with van der Waals surface area (Å²) in [5.41, 5.74) is 9.45. The molecule has 1 aromatic rings. The van der Waals surface area contributed by atoms with E-state index in [9.17, 15) is 0 Å². The number of nitrogens with zero attached hydrogens (tertiary/aromatic N) is 1. The van der Waals surface area contributed by atoms with Gasteiger partial charge in [-0.05, 0) is 43.1 Å². The van der Waals surface area contributed by atoms with Crippen LogP contribution in [-0.2, 0) is 6.42 Å². The zero-order valence-corrected chi connectivity index (χ0v) is 8.67. The van der Waals surface area contributed by atoms with Gasteiger partial charge >= 0.3 is 0 Å². The summed E-state index contributed by atoms with van der Waals surface area (Å²) in [6.45, 7) is 2.86. The van der Waals surface area contributed by atoms with Crippen LogP contribution in [-0.4, -0.2) is 20.6 Å². The molecule has 0 atom stereocenters. The maximum Gasteiger partial charge on any atom is 0.0363 e. The van der Waals surface area contributed by atoms with Crippen LogP contribution in [0.2, 0.25) is 0 Å². The molecule has 0 amide bonds. The predicted octanol–water partition coefficient (Wildman–Crippen LogP) is 1.56. The van der Waals surface area contributed by atoms with E-state index in [2.05, 4.69) is 44.1 Å². The molecule has 2 nitrogen and oxygen atoms in total. The van der Waals surface area contributed by atoms with Gasteiger partial charge < -0.3 is 10.6 Å². The molecular weight excluding hydrogens is 160 g/mol. The Kier molecular flexibility index (Phi) is 3.32. The summed E-state index contributed by atoms with van der Waals surface area (Å²) >= 11 is 0. The van der Waals surface area contributed by atoms with Crippen molar-refractivity contribution in [3.63, 3.8) is 0 Å². The van der Waals surface area contributed by atoms with Crippen LogP contribution in [0.4, 0.5) is 5.69 Å². The lowest BCUT2D eigenvalue weighted by Crippen LogP contribution is -2.10. The Morgan fingerprint density at radius 3 is 2.46 bits per heavy atom. The van der Waals surface area contributed by atoms with Crippen LogP contribution >= 0.6 is 0 Å². The van der Waals surface area contributed by atoms with Crippen LogP contribution in [0.3, 0.4) is 0 Å². The second-order valence-corrected chi connectivity index (χ2v) is 3.54. The van der Waals surface area contributed by atoms with Gasteiger partial charge in [0.2, 0.25) is 0 Å². The minimum absolute atomic E-state index is 0.724. The lowest BCUT2D eigenvalue weighted by Gasteiger charge is -2.14. The lowest BCUT2D eigenvalue weighted by atomic mass is 10.0. The highest BCUT2D eigenvalue weighted by atomic mass is 15.1. The molecule has 0 bridgehead atoms. The molecule has 0 unspecified atom stereocenters. The summed E-state index contributed by atoms with van der Waals surface area (Å²) in [5, 5.41) is 0. The highest BCUT2D eigenvalue weighted by molar-refractivity contribution is 5.49. The Bertz CT molecular complexity index is 279. The maximum atomic E-state index is 5.52. The van der Waals surface area contributed by atoms with Crippen LogP contribution in [0.1, 0.15) is 11.1 Å². The van der Waals surface area contributed by atoms with Crippen molar-refractivity contribution in [3.8, 4) is 0 Å². The van der Waals surface area contributed by atoms with Crippen molar-refractivity contribution in [1.29, 1.82) is 0 Å². The standard InChI is InChI=1S/C11H18N2/c1-9-8-11(13(2)3)5-4-10(9)6-7-12/h4-5,8H,6-7,12H2,1-3H3. The molecule has 2 N–H and O–H groups in total. The van der Waals surface area contributed by atoms with Gasteiger partial charge in [0.25, 0.3) is 0 Å². The van der Waals surface area contributed by atoms with Crippen molar-refractivity contribution in [2.45, 2.75) is 13.3 Å². The molecule has 2 heteroatoms. The van der Waals surface area contributed by atoms with Crippen molar-refractivity contribution in [1.82, 2.24) is 0 Å². The Hall–Kier alpha value is -1.02. The minimum Gasteiger partial charge on any atom is -0.378 e. The summed E-state index contributed by atoms with van der Waals surface area (Å²) in [5.74, 6) is 0. The molecule has 0 heterocycles. The van der Waals surface area contributed by atoms with E-state index < -0.39 is 0 Å². The molecule has 1 aromatic carbocycles. The van der Waals surface area contributed by atoms with E-state index in [-0.39, 0.29) is 0 Å². The van der Waals surface area contributed by atoms with Crippen LogP contribution in [0.25, 0.3) is 0 Å². The maximum absolute atomic E-state index is 5.52. The molecule has 0 saturated carbocycles. The summed E-state index contributed by atoms with van der Waals surface area (Å²) in [7, 11) is 4.11. The highest BCUT2D eigenvalue weighted by Gasteiger charge is 2.00. The van der Waals surface area contributed by atoms with Crippen molar-refractivity contribution < 1.29 is 0 Å². The Morgan fingerprint density at radius 2 is 2.00 bits per heavy atom. The molecule has 1 rings (SSSR count). The first kappa shape index (κ1) is 10.1. The van der Waals surface area contributed by atoms with E-state index >= 15 is 0 Å². The number of hydrogen-bond donors (Lipinski definition) is 1. The molecule has 0 aliphatic heterocycles. The van der Waals surface area contributed by atoms with Gasteiger partial charge in [-0.3, -0.25) is 0 Å². The quantitative estimate of drug-likeness (QED) is 0.761. The van der Waals surface area contributed by atoms with Crippen molar-refractivity contribution in [3.05, 3.63) is 29.3 Å². The third kappa shape index (κ3) is 2.46. The number of aryl methyl sites for hydroxylation is 1. The van der Waals surface area contributed by atoms with Gasteiger partial charge in [-0.2, -0.15) is 0 Å². The van der Waals surface area contributed by atoms with Crippen LogP contribution in [0, 0.1) is 6.92 Å². The monoisotopic (exact) mass is 178 g/mol. The fourth-order valence-corrected chi connectivity index (χ4v) is 1.39. The molecule has 0 saturated heterocycles. The Morgan fingerprint density at radius 1 is 1.31 bits per heavy atom. The fraction of sp³-hybridized carbons (Fsp3) is 0.455. The topological polar surface area (TPSA) is 29.3 Å². The van der Waals surface area contributed by atoms with E-state index in [1.807, 2.05) is 0 Å². The van der Waals surface area contributed by atoms with E-state index in [1.165, 1.54) is 16.8 Å². The van der Waals surface area contributed by atoms with Crippen LogP contribution in [0.5, 0.6) is 0 Å². The summed E-state index contributed by atoms with van der Waals surface area (Å²) < 4.78 is 0. The lowest BCUT2D eigenvalue weighted by molar-refractivity contribution is 0.956. The molecule has 0 spiro atoms. The minimum atomic E-state index is 0.724. The van der Waals surface area contributed by atoms with Crippen molar-refractivity contribution in [2.24, 2.45) is 5.73 Å². The molecule has 13 heavy (non-hydrogen) atoms. The van der Waals surface area contributed by atoms with Crippen molar-refractivity contribution >= 4 is 5.69 Å². The Balaban J connectivity index is 2.92. The first-order chi connectivity index (χ1) is 6.15. The first-order valence-corrected chi connectivity index (χ1v) is 4.62. The second-order valence-electron chi connectivity index (χ2n) is 3.54. The van der Waals surface area contributed by atoms with Gasteiger partial charge in [-0.1, -0.05) is 6.07 Å². The number of anilines is 1. The largest absolute Gasteiger partial charge is 0.378 e. The van der Waals surface area contributed by atoms with E-state index in [4.69, 9.17) is 5.73 Å². The van der Waals surface area contributed by atoms with Gasteiger partial charge in [0, 0.05) is 19.8 Å². The summed E-state index contributed by atoms with van der Waals surface area (Å²) in [6, 6.07) is 6.50. The second kappa shape index (κ2) is 4.28. The van der Waals surface area contributed by atoms with E-state index in [0.29, 0.717) is 0 Å². The predicted molar refractivity (Wildman–Crippen MR) is 58.3 cm³/mol. The zero-order chi connectivity index (χ0) is 9.84. The zero-order valence-electron chi connectivity index (χ0n) is 8.67. The third-order valence-corrected chi connectivity index (χ3v) is 2.26. The summed E-state index contributed by atoms with van der Waals surface area (Å²) in [6.07, 6.45) is 0.972. The molecule has 0 fully saturated rings. The fourth-order valence-electron chi connectivity index (χ4n) is 1.39. The van der Waals surface area contributed by atoms with Gasteiger partial charge in [-0.25, -0.2) is 0 Å². The highest BCUT2D eigenvalue weighted by Crippen LogP contribution is 2.17. The summed E-state index contributed by atoms with van der Waals surface area (Å²) in [4.78, 5) is 2.11. The normalized spacial score (nSPS) is 10.2. The van der Waals surface area contributed by atoms with E-state index in [1.54, 1.807) is 0 Å². The average Bonchev–Trinajstić information content (AvgIpc) is 2.08. The Labute approximate surface area is 80.4 Å². The third-order valence-electron chi connectivity index (χ3n) is 2.26.